The number of imide groups is 1. The van der Waals surface area contributed by atoms with Gasteiger partial charge < -0.3 is 5.32 Å². The van der Waals surface area contributed by atoms with Crippen molar-refractivity contribution < 1.29 is 14.4 Å². The van der Waals surface area contributed by atoms with Crippen molar-refractivity contribution in [3.05, 3.63) is 71.3 Å². The van der Waals surface area contributed by atoms with Gasteiger partial charge in [0.25, 0.3) is 5.91 Å². The SMILES string of the molecule is CC1=CC[C@H]2C(=O)N(c3cccc(C(=O)Nc4ccc(C)cc4)c3)C(=O)[C@@H]2C1. The molecule has 3 amide bonds. The zero-order chi connectivity index (χ0) is 19.8. The van der Waals surface area contributed by atoms with Gasteiger partial charge in [-0.25, -0.2) is 0 Å². The number of hydrogen-bond donors (Lipinski definition) is 1. The second kappa shape index (κ2) is 7.08. The number of anilines is 2. The smallest absolute Gasteiger partial charge is 0.255 e. The maximum Gasteiger partial charge on any atom is 0.255 e. The van der Waals surface area contributed by atoms with Gasteiger partial charge in [-0.05, 0) is 57.0 Å². The van der Waals surface area contributed by atoms with Gasteiger partial charge in [-0.2, -0.15) is 0 Å². The minimum Gasteiger partial charge on any atom is -0.322 e. The molecule has 0 aromatic heterocycles. The summed E-state index contributed by atoms with van der Waals surface area (Å²) in [6, 6.07) is 14.2. The molecule has 142 valence electrons. The second-order valence-electron chi connectivity index (χ2n) is 7.59. The summed E-state index contributed by atoms with van der Waals surface area (Å²) in [5.74, 6) is -1.20. The molecule has 1 aliphatic heterocycles. The van der Waals surface area contributed by atoms with Crippen molar-refractivity contribution in [1.29, 1.82) is 0 Å². The van der Waals surface area contributed by atoms with E-state index < -0.39 is 0 Å². The molecule has 2 aliphatic rings. The number of benzene rings is 2. The van der Waals surface area contributed by atoms with E-state index in [-0.39, 0.29) is 29.6 Å². The van der Waals surface area contributed by atoms with E-state index in [1.54, 1.807) is 24.3 Å². The first-order valence-corrected chi connectivity index (χ1v) is 9.45. The number of hydrogen-bond acceptors (Lipinski definition) is 3. The Morgan fingerprint density at radius 1 is 1.00 bits per heavy atom. The van der Waals surface area contributed by atoms with Crippen LogP contribution in [-0.2, 0) is 9.59 Å². The number of allylic oxidation sites excluding steroid dienone is 2. The van der Waals surface area contributed by atoms with Crippen molar-refractivity contribution in [1.82, 2.24) is 0 Å². The Morgan fingerprint density at radius 2 is 1.71 bits per heavy atom. The summed E-state index contributed by atoms with van der Waals surface area (Å²) in [5.41, 5.74) is 3.82. The van der Waals surface area contributed by atoms with E-state index in [9.17, 15) is 14.4 Å². The van der Waals surface area contributed by atoms with Crippen molar-refractivity contribution in [2.45, 2.75) is 26.7 Å². The highest BCUT2D eigenvalue weighted by molar-refractivity contribution is 6.22. The normalized spacial score (nSPS) is 21.4. The molecule has 0 bridgehead atoms. The zero-order valence-electron chi connectivity index (χ0n) is 15.9. The number of nitrogens with zero attached hydrogens (tertiary/aromatic N) is 1. The summed E-state index contributed by atoms with van der Waals surface area (Å²) in [6.45, 7) is 3.97. The zero-order valence-corrected chi connectivity index (χ0v) is 15.9. The number of aryl methyl sites for hydroxylation is 1. The van der Waals surface area contributed by atoms with Gasteiger partial charge in [-0.3, -0.25) is 19.3 Å². The lowest BCUT2D eigenvalue weighted by molar-refractivity contribution is -0.122. The predicted molar refractivity (Wildman–Crippen MR) is 108 cm³/mol. The largest absolute Gasteiger partial charge is 0.322 e. The highest BCUT2D eigenvalue weighted by atomic mass is 16.2. The molecule has 1 N–H and O–H groups in total. The molecule has 1 aliphatic carbocycles. The van der Waals surface area contributed by atoms with Gasteiger partial charge in [0.05, 0.1) is 17.5 Å². The van der Waals surface area contributed by atoms with Crippen LogP contribution in [0.1, 0.15) is 35.7 Å². The monoisotopic (exact) mass is 374 g/mol. The van der Waals surface area contributed by atoms with Crippen molar-refractivity contribution in [3.8, 4) is 0 Å². The molecule has 1 fully saturated rings. The summed E-state index contributed by atoms with van der Waals surface area (Å²) in [7, 11) is 0. The molecule has 2 aromatic carbocycles. The third-order valence-corrected chi connectivity index (χ3v) is 5.50. The van der Waals surface area contributed by atoms with Crippen LogP contribution in [0.25, 0.3) is 0 Å². The molecule has 0 saturated carbocycles. The van der Waals surface area contributed by atoms with Gasteiger partial charge in [0.2, 0.25) is 11.8 Å². The fourth-order valence-electron chi connectivity index (χ4n) is 3.92. The molecule has 0 spiro atoms. The van der Waals surface area contributed by atoms with Crippen LogP contribution in [-0.4, -0.2) is 17.7 Å². The molecule has 5 nitrogen and oxygen atoms in total. The Morgan fingerprint density at radius 3 is 2.46 bits per heavy atom. The second-order valence-corrected chi connectivity index (χ2v) is 7.59. The number of rotatable bonds is 3. The highest BCUT2D eigenvalue weighted by Gasteiger charge is 2.48. The van der Waals surface area contributed by atoms with E-state index in [4.69, 9.17) is 0 Å². The van der Waals surface area contributed by atoms with Crippen molar-refractivity contribution in [2.24, 2.45) is 11.8 Å². The average molecular weight is 374 g/mol. The molecular weight excluding hydrogens is 352 g/mol. The molecule has 2 atom stereocenters. The van der Waals surface area contributed by atoms with E-state index in [0.29, 0.717) is 29.8 Å². The van der Waals surface area contributed by atoms with Crippen molar-refractivity contribution in [2.75, 3.05) is 10.2 Å². The van der Waals surface area contributed by atoms with Crippen molar-refractivity contribution in [3.63, 3.8) is 0 Å². The molecule has 5 heteroatoms. The summed E-state index contributed by atoms with van der Waals surface area (Å²) in [5, 5.41) is 2.85. The quantitative estimate of drug-likeness (QED) is 0.650. The Bertz CT molecular complexity index is 991. The van der Waals surface area contributed by atoms with Crippen LogP contribution < -0.4 is 10.2 Å². The Balaban J connectivity index is 1.57. The Hall–Kier alpha value is -3.21. The Kier molecular flexibility index (Phi) is 4.59. The third kappa shape index (κ3) is 3.24. The number of carbonyl (C=O) groups is 3. The van der Waals surface area contributed by atoms with Crippen molar-refractivity contribution >= 4 is 29.1 Å². The third-order valence-electron chi connectivity index (χ3n) is 5.50. The topological polar surface area (TPSA) is 66.5 Å². The maximum absolute atomic E-state index is 12.9. The van der Waals surface area contributed by atoms with E-state index in [2.05, 4.69) is 5.32 Å². The maximum atomic E-state index is 12.9. The van der Waals surface area contributed by atoms with E-state index in [1.807, 2.05) is 44.2 Å². The number of carbonyl (C=O) groups excluding carboxylic acids is 3. The molecule has 2 aromatic rings. The van der Waals surface area contributed by atoms with E-state index in [1.165, 1.54) is 4.90 Å². The number of fused-ring (bicyclic) bond motifs is 1. The van der Waals surface area contributed by atoms with Crippen LogP contribution >= 0.6 is 0 Å². The Labute approximate surface area is 164 Å². The van der Waals surface area contributed by atoms with Crippen LogP contribution in [0.2, 0.25) is 0 Å². The lowest BCUT2D eigenvalue weighted by atomic mass is 9.82. The minimum absolute atomic E-state index is 0.168. The first-order valence-electron chi connectivity index (χ1n) is 9.45. The van der Waals surface area contributed by atoms with E-state index in [0.717, 1.165) is 11.1 Å². The summed E-state index contributed by atoms with van der Waals surface area (Å²) in [4.78, 5) is 39.6. The van der Waals surface area contributed by atoms with Gasteiger partial charge >= 0.3 is 0 Å². The molecule has 1 heterocycles. The minimum atomic E-state index is -0.291. The van der Waals surface area contributed by atoms with Crippen LogP contribution in [0.4, 0.5) is 11.4 Å². The number of amides is 3. The van der Waals surface area contributed by atoms with Crippen LogP contribution in [0.15, 0.2) is 60.2 Å². The van der Waals surface area contributed by atoms with E-state index >= 15 is 0 Å². The molecule has 4 rings (SSSR count). The van der Waals surface area contributed by atoms with Gasteiger partial charge in [0.15, 0.2) is 0 Å². The van der Waals surface area contributed by atoms with Gasteiger partial charge in [-0.15, -0.1) is 0 Å². The lowest BCUT2D eigenvalue weighted by Gasteiger charge is -2.18. The van der Waals surface area contributed by atoms with Gasteiger partial charge in [-0.1, -0.05) is 35.4 Å². The van der Waals surface area contributed by atoms with Gasteiger partial charge in [0.1, 0.15) is 0 Å². The van der Waals surface area contributed by atoms with Crippen LogP contribution in [0, 0.1) is 18.8 Å². The lowest BCUT2D eigenvalue weighted by Crippen LogP contribution is -2.31. The molecule has 0 radical (unpaired) electrons. The molecule has 1 saturated heterocycles. The van der Waals surface area contributed by atoms with Gasteiger partial charge in [0, 0.05) is 11.3 Å². The molecular formula is C23H22N2O3. The first-order chi connectivity index (χ1) is 13.4. The standard InChI is InChI=1S/C23H22N2O3/c1-14-6-9-17(10-7-14)24-21(26)16-4-3-5-18(13-16)25-22(27)19-11-8-15(2)12-20(19)23(25)28/h3-10,13,19-20H,11-12H2,1-2H3,(H,24,26)/t19-,20-/m1/s1. The van der Waals surface area contributed by atoms with Crippen LogP contribution in [0.3, 0.4) is 0 Å². The number of nitrogens with one attached hydrogen (secondary N) is 1. The summed E-state index contributed by atoms with van der Waals surface area (Å²) < 4.78 is 0. The fraction of sp³-hybridized carbons (Fsp3) is 0.261. The fourth-order valence-corrected chi connectivity index (χ4v) is 3.92. The summed E-state index contributed by atoms with van der Waals surface area (Å²) in [6.07, 6.45) is 3.27. The first kappa shape index (κ1) is 18.2. The molecule has 28 heavy (non-hydrogen) atoms. The molecule has 0 unspecified atom stereocenters. The highest BCUT2D eigenvalue weighted by Crippen LogP contribution is 2.39. The average Bonchev–Trinajstić information content (AvgIpc) is 2.93. The predicted octanol–water partition coefficient (Wildman–Crippen LogP) is 4.09. The summed E-state index contributed by atoms with van der Waals surface area (Å²) >= 11 is 0. The van der Waals surface area contributed by atoms with Crippen LogP contribution in [0.5, 0.6) is 0 Å².